The Labute approximate surface area is 132 Å². The minimum Gasteiger partial charge on any atom is -0.371 e. The standard InChI is InChI=1S/C15H18N4O4/c1-4-15(2,14(16)21)17-11-8-13(20)18(3)12-6-5-9(19(22)23)7-10(11)12/h5-8,17H,4H2,1-3H3,(H2,16,21). The average molecular weight is 318 g/mol. The van der Waals surface area contributed by atoms with E-state index in [1.165, 1.54) is 28.8 Å². The molecule has 1 amide bonds. The number of fused-ring (bicyclic) bond motifs is 1. The number of anilines is 1. The lowest BCUT2D eigenvalue weighted by molar-refractivity contribution is -0.384. The molecule has 0 aliphatic heterocycles. The van der Waals surface area contributed by atoms with Crippen LogP contribution < -0.4 is 16.6 Å². The summed E-state index contributed by atoms with van der Waals surface area (Å²) in [6, 6.07) is 5.52. The van der Waals surface area contributed by atoms with Crippen LogP contribution in [-0.4, -0.2) is 20.9 Å². The van der Waals surface area contributed by atoms with Crippen molar-refractivity contribution in [2.45, 2.75) is 25.8 Å². The summed E-state index contributed by atoms with van der Waals surface area (Å²) in [7, 11) is 1.58. The number of nitro groups is 1. The monoisotopic (exact) mass is 318 g/mol. The summed E-state index contributed by atoms with van der Waals surface area (Å²) < 4.78 is 1.39. The number of primary amides is 1. The molecule has 8 nitrogen and oxygen atoms in total. The van der Waals surface area contributed by atoms with Gasteiger partial charge in [-0.3, -0.25) is 19.7 Å². The van der Waals surface area contributed by atoms with Gasteiger partial charge in [-0.05, 0) is 19.4 Å². The third-order valence-electron chi connectivity index (χ3n) is 4.10. The van der Waals surface area contributed by atoms with Crippen LogP contribution in [0.25, 0.3) is 10.9 Å². The maximum absolute atomic E-state index is 12.1. The number of nitrogens with zero attached hydrogens (tertiary/aromatic N) is 2. The Morgan fingerprint density at radius 3 is 2.61 bits per heavy atom. The Hall–Kier alpha value is -2.90. The Kier molecular flexibility index (Phi) is 4.09. The number of rotatable bonds is 5. The fourth-order valence-corrected chi connectivity index (χ4v) is 2.29. The number of carbonyl (C=O) groups is 1. The molecule has 2 aromatic rings. The zero-order valence-corrected chi connectivity index (χ0v) is 13.1. The molecule has 2 rings (SSSR count). The van der Waals surface area contributed by atoms with Gasteiger partial charge in [-0.15, -0.1) is 0 Å². The number of non-ortho nitro benzene ring substituents is 1. The van der Waals surface area contributed by atoms with Gasteiger partial charge in [0.2, 0.25) is 5.91 Å². The van der Waals surface area contributed by atoms with Gasteiger partial charge >= 0.3 is 0 Å². The lowest BCUT2D eigenvalue weighted by atomic mass is 9.97. The van der Waals surface area contributed by atoms with E-state index in [4.69, 9.17) is 5.73 Å². The van der Waals surface area contributed by atoms with Crippen LogP contribution in [-0.2, 0) is 11.8 Å². The Balaban J connectivity index is 2.74. The van der Waals surface area contributed by atoms with Crippen LogP contribution in [0.3, 0.4) is 0 Å². The first-order chi connectivity index (χ1) is 10.7. The second-order valence-corrected chi connectivity index (χ2v) is 5.59. The van der Waals surface area contributed by atoms with Crippen molar-refractivity contribution in [1.29, 1.82) is 0 Å². The van der Waals surface area contributed by atoms with E-state index in [1.54, 1.807) is 20.9 Å². The Bertz CT molecular complexity index is 858. The van der Waals surface area contributed by atoms with E-state index in [2.05, 4.69) is 5.32 Å². The SMILES string of the molecule is CCC(C)(Nc1cc(=O)n(C)c2ccc([N+](=O)[O-])cc12)C(N)=O. The molecule has 122 valence electrons. The molecule has 0 aliphatic rings. The lowest BCUT2D eigenvalue weighted by Gasteiger charge is -2.28. The number of pyridine rings is 1. The summed E-state index contributed by atoms with van der Waals surface area (Å²) in [4.78, 5) is 34.3. The van der Waals surface area contributed by atoms with Gasteiger partial charge in [0, 0.05) is 30.6 Å². The molecule has 1 aromatic heterocycles. The lowest BCUT2D eigenvalue weighted by Crippen LogP contribution is -2.47. The zero-order chi connectivity index (χ0) is 17.4. The van der Waals surface area contributed by atoms with Crippen molar-refractivity contribution in [1.82, 2.24) is 4.57 Å². The number of nitro benzene ring substituents is 1. The smallest absolute Gasteiger partial charge is 0.270 e. The quantitative estimate of drug-likeness (QED) is 0.639. The fraction of sp³-hybridized carbons (Fsp3) is 0.333. The van der Waals surface area contributed by atoms with E-state index in [1.807, 2.05) is 0 Å². The Morgan fingerprint density at radius 2 is 2.09 bits per heavy atom. The first-order valence-corrected chi connectivity index (χ1v) is 7.06. The molecule has 0 radical (unpaired) electrons. The number of carbonyl (C=O) groups excluding carboxylic acids is 1. The molecule has 0 saturated heterocycles. The fourth-order valence-electron chi connectivity index (χ4n) is 2.29. The molecule has 0 saturated carbocycles. The molecule has 1 heterocycles. The highest BCUT2D eigenvalue weighted by molar-refractivity contribution is 5.96. The maximum Gasteiger partial charge on any atom is 0.270 e. The van der Waals surface area contributed by atoms with Gasteiger partial charge < -0.3 is 15.6 Å². The van der Waals surface area contributed by atoms with Gasteiger partial charge in [-0.1, -0.05) is 6.92 Å². The topological polar surface area (TPSA) is 120 Å². The summed E-state index contributed by atoms with van der Waals surface area (Å²) in [6.45, 7) is 3.40. The van der Waals surface area contributed by atoms with E-state index in [0.29, 0.717) is 23.0 Å². The highest BCUT2D eigenvalue weighted by atomic mass is 16.6. The van der Waals surface area contributed by atoms with Crippen molar-refractivity contribution in [2.24, 2.45) is 12.8 Å². The summed E-state index contributed by atoms with van der Waals surface area (Å²) >= 11 is 0. The molecule has 0 spiro atoms. The van der Waals surface area contributed by atoms with Crippen molar-refractivity contribution in [3.8, 4) is 0 Å². The van der Waals surface area contributed by atoms with Crippen LogP contribution in [0.1, 0.15) is 20.3 Å². The van der Waals surface area contributed by atoms with Crippen LogP contribution in [0, 0.1) is 10.1 Å². The number of nitrogens with one attached hydrogen (secondary N) is 1. The highest BCUT2D eigenvalue weighted by Gasteiger charge is 2.29. The van der Waals surface area contributed by atoms with Crippen molar-refractivity contribution in [2.75, 3.05) is 5.32 Å². The molecule has 0 aliphatic carbocycles. The van der Waals surface area contributed by atoms with Crippen LogP contribution in [0.5, 0.6) is 0 Å². The van der Waals surface area contributed by atoms with E-state index >= 15 is 0 Å². The number of aryl methyl sites for hydroxylation is 1. The minimum absolute atomic E-state index is 0.100. The number of benzene rings is 1. The van der Waals surface area contributed by atoms with E-state index < -0.39 is 16.4 Å². The molecular formula is C15H18N4O4. The molecule has 3 N–H and O–H groups in total. The summed E-state index contributed by atoms with van der Waals surface area (Å²) in [5.74, 6) is -0.570. The van der Waals surface area contributed by atoms with Crippen LogP contribution in [0.2, 0.25) is 0 Å². The second-order valence-electron chi connectivity index (χ2n) is 5.59. The van der Waals surface area contributed by atoms with E-state index in [-0.39, 0.29) is 11.2 Å². The molecule has 1 atom stereocenters. The summed E-state index contributed by atoms with van der Waals surface area (Å²) in [6.07, 6.45) is 0.397. The number of nitrogens with two attached hydrogens (primary N) is 1. The van der Waals surface area contributed by atoms with E-state index in [0.717, 1.165) is 0 Å². The first kappa shape index (κ1) is 16.5. The average Bonchev–Trinajstić information content (AvgIpc) is 2.51. The first-order valence-electron chi connectivity index (χ1n) is 7.06. The molecule has 23 heavy (non-hydrogen) atoms. The largest absolute Gasteiger partial charge is 0.371 e. The molecule has 0 bridgehead atoms. The normalized spacial score (nSPS) is 13.5. The molecular weight excluding hydrogens is 300 g/mol. The van der Waals surface area contributed by atoms with Gasteiger partial charge in [0.05, 0.1) is 16.1 Å². The summed E-state index contributed by atoms with van der Waals surface area (Å²) in [5, 5.41) is 14.4. The van der Waals surface area contributed by atoms with E-state index in [9.17, 15) is 19.7 Å². The van der Waals surface area contributed by atoms with Crippen molar-refractivity contribution < 1.29 is 9.72 Å². The number of amides is 1. The van der Waals surface area contributed by atoms with Crippen LogP contribution in [0.4, 0.5) is 11.4 Å². The van der Waals surface area contributed by atoms with Crippen molar-refractivity contribution in [3.05, 3.63) is 44.7 Å². The number of aromatic nitrogens is 1. The van der Waals surface area contributed by atoms with Gasteiger partial charge in [0.1, 0.15) is 5.54 Å². The molecule has 0 fully saturated rings. The maximum atomic E-state index is 12.1. The molecule has 1 unspecified atom stereocenters. The van der Waals surface area contributed by atoms with Gasteiger partial charge in [-0.2, -0.15) is 0 Å². The zero-order valence-electron chi connectivity index (χ0n) is 13.1. The molecule has 1 aromatic carbocycles. The summed E-state index contributed by atoms with van der Waals surface area (Å²) in [5.41, 5.74) is 4.83. The molecule has 8 heteroatoms. The number of hydrogen-bond acceptors (Lipinski definition) is 5. The third kappa shape index (κ3) is 2.87. The second kappa shape index (κ2) is 5.71. The predicted octanol–water partition coefficient (Wildman–Crippen LogP) is 1.51. The van der Waals surface area contributed by atoms with Gasteiger partial charge in [-0.25, -0.2) is 0 Å². The number of hydrogen-bond donors (Lipinski definition) is 2. The highest BCUT2D eigenvalue weighted by Crippen LogP contribution is 2.28. The third-order valence-corrected chi connectivity index (χ3v) is 4.10. The Morgan fingerprint density at radius 1 is 1.43 bits per heavy atom. The van der Waals surface area contributed by atoms with Crippen LogP contribution >= 0.6 is 0 Å². The minimum atomic E-state index is -1.07. The van der Waals surface area contributed by atoms with Crippen LogP contribution in [0.15, 0.2) is 29.1 Å². The van der Waals surface area contributed by atoms with Gasteiger partial charge in [0.25, 0.3) is 11.2 Å². The van der Waals surface area contributed by atoms with Crippen molar-refractivity contribution >= 4 is 28.2 Å². The predicted molar refractivity (Wildman–Crippen MR) is 87.4 cm³/mol. The van der Waals surface area contributed by atoms with Gasteiger partial charge in [0.15, 0.2) is 0 Å². The van der Waals surface area contributed by atoms with Crippen molar-refractivity contribution in [3.63, 3.8) is 0 Å².